The Bertz CT molecular complexity index is 4330. The fourth-order valence-electron chi connectivity index (χ4n) is 17.1. The Morgan fingerprint density at radius 3 is 1.33 bits per heavy atom. The van der Waals surface area contributed by atoms with Gasteiger partial charge >= 0.3 is 0 Å². The van der Waals surface area contributed by atoms with Gasteiger partial charge < -0.3 is 145 Å². The van der Waals surface area contributed by atoms with Crippen molar-refractivity contribution in [3.05, 3.63) is 36.4 Å². The van der Waals surface area contributed by atoms with Gasteiger partial charge in [-0.2, -0.15) is 0 Å². The predicted octanol–water partition coefficient (Wildman–Crippen LogP) is -5.56. The second kappa shape index (κ2) is 56.4. The van der Waals surface area contributed by atoms with Crippen molar-refractivity contribution in [1.29, 1.82) is 16.2 Å². The zero-order valence-corrected chi connectivity index (χ0v) is 77.8. The molecule has 35 N–H and O–H groups in total. The van der Waals surface area contributed by atoms with Crippen LogP contribution in [0.1, 0.15) is 243 Å². The number of aromatic nitrogens is 4. The molecule has 0 spiro atoms. The summed E-state index contributed by atoms with van der Waals surface area (Å²) >= 11 is 0. The van der Waals surface area contributed by atoms with Gasteiger partial charge in [0.2, 0.25) is 94.5 Å². The van der Waals surface area contributed by atoms with Crippen LogP contribution in [0.25, 0.3) is 0 Å². The molecule has 6 rings (SSSR count). The van der Waals surface area contributed by atoms with E-state index in [1.165, 1.54) is 43.8 Å². The van der Waals surface area contributed by atoms with Crippen LogP contribution in [0.15, 0.2) is 25.0 Å². The molecular weight excluding hydrogens is 1760 g/mol. The molecule has 17 amide bonds. The summed E-state index contributed by atoms with van der Waals surface area (Å²) in [5.41, 5.74) is 31.9. The van der Waals surface area contributed by atoms with Gasteiger partial charge in [0, 0.05) is 57.1 Å². The quantitative estimate of drug-likeness (QED) is 0.0167. The van der Waals surface area contributed by atoms with Crippen LogP contribution in [0.3, 0.4) is 0 Å². The maximum Gasteiger partial charge on any atom is 0.272 e. The largest absolute Gasteiger partial charge is 0.394 e. The average Bonchev–Trinajstić information content (AvgIpc) is 1.68. The number of guanidine groups is 3. The number of carbonyl (C=O) groups is 17. The number of likely N-dealkylation sites (tertiary alicyclic amines) is 1. The lowest BCUT2D eigenvalue weighted by atomic mass is 9.83. The van der Waals surface area contributed by atoms with Crippen LogP contribution in [-0.2, 0) is 83.1 Å². The maximum atomic E-state index is 15.3. The van der Waals surface area contributed by atoms with E-state index in [9.17, 15) is 77.3 Å². The van der Waals surface area contributed by atoms with Crippen LogP contribution in [0.2, 0.25) is 0 Å². The van der Waals surface area contributed by atoms with Crippen molar-refractivity contribution in [3.8, 4) is 0 Å². The first-order chi connectivity index (χ1) is 64.0. The summed E-state index contributed by atoms with van der Waals surface area (Å²) in [4.78, 5) is 256. The SMILES string of the molecule is CC(C)C[C@H](NC(=O)[C@H](CC(N)=O)NC(=O)[C@H](CC1CCCCC1)NC(=O)[C@H](CC1CCCCC1)NC(=O)[C@H](Cc1cnc[nH]1)NC(=O)[C@H](CCCNC(=N)N)NC(=O)[C@H]1CCCN1C(=O)[C@H](CO)NC(=O)c1c[nH]cn1)C(=O)NC(C)(C)C(=O)N[C@H](C(=O)N[C@@H](CCCNC(=N)N)C(=O)N[C@@H](CCC(N)=O)C(=O)N[C@@H](CCCNC(=N)N)C(=O)N[C@@H](CC1CCCCC1)C(N)=O)[C@@H](C)O. The molecule has 0 unspecified atom stereocenters. The number of primary amides is 3. The van der Waals surface area contributed by atoms with E-state index >= 15 is 14.4 Å². The van der Waals surface area contributed by atoms with Crippen LogP contribution in [-0.4, -0.2) is 276 Å². The molecule has 4 aliphatic rings. The molecule has 4 fully saturated rings. The molecule has 49 nitrogen and oxygen atoms in total. The van der Waals surface area contributed by atoms with Crippen molar-refractivity contribution in [1.82, 2.24) is 110 Å². The highest BCUT2D eigenvalue weighted by Gasteiger charge is 2.44. The minimum atomic E-state index is -2.05. The van der Waals surface area contributed by atoms with E-state index in [0.29, 0.717) is 37.8 Å². The monoisotopic (exact) mass is 1900 g/mol. The van der Waals surface area contributed by atoms with E-state index in [2.05, 4.69) is 105 Å². The molecule has 135 heavy (non-hydrogen) atoms. The normalized spacial score (nSPS) is 17.7. The first kappa shape index (κ1) is 111. The third-order valence-electron chi connectivity index (χ3n) is 24.4. The second-order valence-electron chi connectivity index (χ2n) is 36.4. The third-order valence-corrected chi connectivity index (χ3v) is 24.4. The topological polar surface area (TPSA) is 811 Å². The summed E-state index contributed by atoms with van der Waals surface area (Å²) in [6.07, 6.45) is 13.7. The number of aliphatic hydroxyl groups excluding tert-OH is 2. The summed E-state index contributed by atoms with van der Waals surface area (Å²) in [5, 5.41) is 86.3. The van der Waals surface area contributed by atoms with Crippen molar-refractivity contribution < 1.29 is 91.7 Å². The van der Waals surface area contributed by atoms with Crippen molar-refractivity contribution in [2.75, 3.05) is 32.8 Å². The minimum Gasteiger partial charge on any atom is -0.394 e. The smallest absolute Gasteiger partial charge is 0.272 e. The minimum absolute atomic E-state index is 0.000786. The number of imidazole rings is 2. The summed E-state index contributed by atoms with van der Waals surface area (Å²) in [6, 6.07) is -19.7. The molecule has 1 saturated heterocycles. The van der Waals surface area contributed by atoms with Gasteiger partial charge in [-0.15, -0.1) is 0 Å². The Hall–Kier alpha value is -12.9. The number of amides is 17. The maximum absolute atomic E-state index is 15.3. The molecule has 752 valence electrons. The summed E-state index contributed by atoms with van der Waals surface area (Å²) in [6.45, 7) is 6.24. The number of hydrogen-bond acceptors (Lipinski definition) is 24. The standard InChI is InChI=1S/C86H144N30O19/c1-46(2)35-57(78(131)115-86(4,5)82(135)114-67(47(3)118)80(133)106-54(27-17-33-100-85(94)95)69(122)104-55(29-30-65(87)119)72(125)103-52(25-15-31-98-83(90)91)70(123)107-56(68(89)121)36-48-19-9-6-10-20-48)108-76(129)61(40-66(88)120)112-74(127)59(38-50-23-13-8-14-24-50)109-73(126)58(37-49-21-11-7-12-22-49)110-75(128)60(39-51-41-96-44-101-51)111-71(124)53(26-16-32-99-84(92)93)105-79(132)64-28-18-34-116(64)81(134)63(43-117)113-77(130)62-42-97-45-102-62/h41-42,44-50,52-61,63-64,67,117-118H,6-40,43H2,1-5H3,(H2,87,119)(H2,88,120)(H2,89,121)(H,96,101)(H,97,102)(H,103,125)(H,104,122)(H,105,132)(H,106,133)(H,107,123)(H,108,129)(H,109,126)(H,110,128)(H,111,124)(H,112,127)(H,113,130)(H,114,135)(H,115,131)(H4,90,91,98)(H4,92,93,99)(H4,94,95,100)/t47-,52+,53+,54+,55+,56+,57+,58+,59+,60+,61+,63+,64-,67+/m1/s1. The van der Waals surface area contributed by atoms with E-state index in [1.54, 1.807) is 13.8 Å². The van der Waals surface area contributed by atoms with Crippen LogP contribution >= 0.6 is 0 Å². The number of aromatic amines is 2. The fraction of sp³-hybridized carbons (Fsp3) is 0.698. The highest BCUT2D eigenvalue weighted by Crippen LogP contribution is 2.31. The van der Waals surface area contributed by atoms with E-state index < -0.39 is 228 Å². The molecule has 0 bridgehead atoms. The van der Waals surface area contributed by atoms with Gasteiger partial charge in [0.05, 0.1) is 31.8 Å². The van der Waals surface area contributed by atoms with Crippen LogP contribution < -0.4 is 119 Å². The Balaban J connectivity index is 1.21. The second-order valence-corrected chi connectivity index (χ2v) is 36.4. The van der Waals surface area contributed by atoms with Gasteiger partial charge in [-0.25, -0.2) is 9.97 Å². The summed E-state index contributed by atoms with van der Waals surface area (Å²) < 4.78 is 0. The summed E-state index contributed by atoms with van der Waals surface area (Å²) in [7, 11) is 0. The molecule has 3 aliphatic carbocycles. The van der Waals surface area contributed by atoms with E-state index in [0.717, 1.165) is 77.6 Å². The molecule has 49 heteroatoms. The number of H-pyrrole nitrogens is 2. The zero-order valence-electron chi connectivity index (χ0n) is 77.8. The van der Waals surface area contributed by atoms with Crippen molar-refractivity contribution in [3.63, 3.8) is 0 Å². The number of carbonyl (C=O) groups excluding carboxylic acids is 17. The van der Waals surface area contributed by atoms with Gasteiger partial charge in [-0.3, -0.25) is 97.7 Å². The van der Waals surface area contributed by atoms with E-state index in [1.807, 2.05) is 0 Å². The molecule has 3 saturated carbocycles. The predicted molar refractivity (Wildman–Crippen MR) is 491 cm³/mol. The lowest BCUT2D eigenvalue weighted by Gasteiger charge is -2.32. The number of hydrogen-bond donors (Lipinski definition) is 29. The Morgan fingerprint density at radius 1 is 0.474 bits per heavy atom. The number of nitrogens with zero attached hydrogens (tertiary/aromatic N) is 3. The van der Waals surface area contributed by atoms with Crippen molar-refractivity contribution >= 4 is 118 Å². The molecule has 14 atom stereocenters. The van der Waals surface area contributed by atoms with Crippen LogP contribution in [0, 0.1) is 39.9 Å². The first-order valence-corrected chi connectivity index (χ1v) is 46.7. The third kappa shape index (κ3) is 38.9. The highest BCUT2D eigenvalue weighted by molar-refractivity contribution is 6.02. The van der Waals surface area contributed by atoms with Gasteiger partial charge in [-0.05, 0) is 128 Å². The zero-order chi connectivity index (χ0) is 99.6. The Morgan fingerprint density at radius 2 is 0.896 bits per heavy atom. The van der Waals surface area contributed by atoms with E-state index in [4.69, 9.17) is 50.6 Å². The van der Waals surface area contributed by atoms with Gasteiger partial charge in [0.25, 0.3) is 5.91 Å². The van der Waals surface area contributed by atoms with Crippen LogP contribution in [0.5, 0.6) is 0 Å². The lowest BCUT2D eigenvalue weighted by molar-refractivity contribution is -0.141. The van der Waals surface area contributed by atoms with Gasteiger partial charge in [0.1, 0.15) is 89.8 Å². The lowest BCUT2D eigenvalue weighted by Crippen LogP contribution is -2.65. The average molecular weight is 1900 g/mol. The molecule has 2 aromatic heterocycles. The number of nitrogens with two attached hydrogens (primary N) is 6. The molecule has 3 heterocycles. The van der Waals surface area contributed by atoms with Crippen molar-refractivity contribution in [2.24, 2.45) is 58.1 Å². The molecule has 1 aliphatic heterocycles. The summed E-state index contributed by atoms with van der Waals surface area (Å²) in [5.74, 6) is -17.9. The number of rotatable bonds is 57. The Kier molecular flexibility index (Phi) is 46.3. The fourth-order valence-corrected chi connectivity index (χ4v) is 17.1. The van der Waals surface area contributed by atoms with E-state index in [-0.39, 0.29) is 139 Å². The first-order valence-electron chi connectivity index (χ1n) is 46.7. The van der Waals surface area contributed by atoms with Crippen molar-refractivity contribution in [2.45, 2.75) is 324 Å². The number of aliphatic hydroxyl groups is 2. The Labute approximate surface area is 784 Å². The van der Waals surface area contributed by atoms with Gasteiger partial charge in [-0.1, -0.05) is 110 Å². The molecule has 0 radical (unpaired) electrons. The van der Waals surface area contributed by atoms with Crippen LogP contribution in [0.4, 0.5) is 0 Å². The molecule has 2 aromatic rings. The number of nitrogens with one attached hydrogen (secondary N) is 21. The highest BCUT2D eigenvalue weighted by atomic mass is 16.3. The molecular formula is C86H144N30O19. The molecule has 0 aromatic carbocycles. The van der Waals surface area contributed by atoms with Gasteiger partial charge in [0.15, 0.2) is 17.9 Å².